The number of benzene rings is 3. The minimum Gasteiger partial charge on any atom is -0.496 e. The van der Waals surface area contributed by atoms with Crippen LogP contribution in [-0.2, 0) is 5.67 Å². The number of alkyl halides is 1. The molecule has 126 valence electrons. The van der Waals surface area contributed by atoms with Gasteiger partial charge in [0.2, 0.25) is 0 Å². The van der Waals surface area contributed by atoms with Crippen LogP contribution >= 0.6 is 11.6 Å². The van der Waals surface area contributed by atoms with Gasteiger partial charge in [0.05, 0.1) is 13.7 Å². The molecule has 1 unspecified atom stereocenters. The van der Waals surface area contributed by atoms with Crippen LogP contribution < -0.4 is 10.1 Å². The maximum absolute atomic E-state index is 16.0. The van der Waals surface area contributed by atoms with E-state index in [1.807, 2.05) is 48.5 Å². The number of anilines is 1. The monoisotopic (exact) mass is 353 g/mol. The van der Waals surface area contributed by atoms with Gasteiger partial charge in [-0.2, -0.15) is 0 Å². The van der Waals surface area contributed by atoms with Gasteiger partial charge < -0.3 is 10.1 Å². The number of halogens is 2. The van der Waals surface area contributed by atoms with Crippen molar-refractivity contribution in [2.75, 3.05) is 19.0 Å². The summed E-state index contributed by atoms with van der Waals surface area (Å²) in [5.41, 5.74) is 2.32. The Bertz CT molecular complexity index is 928. The molecule has 1 atom stereocenters. The van der Waals surface area contributed by atoms with Crippen LogP contribution in [0.5, 0.6) is 5.75 Å². The van der Waals surface area contributed by atoms with Crippen molar-refractivity contribution in [3.8, 4) is 16.9 Å². The lowest BCUT2D eigenvalue weighted by atomic mass is 9.88. The van der Waals surface area contributed by atoms with Gasteiger partial charge in [-0.15, -0.1) is 0 Å². The first-order valence-electron chi connectivity index (χ1n) is 8.08. The van der Waals surface area contributed by atoms with E-state index < -0.39 is 5.67 Å². The third kappa shape index (κ3) is 2.65. The Morgan fingerprint density at radius 3 is 2.52 bits per heavy atom. The van der Waals surface area contributed by atoms with Crippen LogP contribution in [-0.4, -0.2) is 13.7 Å². The summed E-state index contributed by atoms with van der Waals surface area (Å²) in [6, 6.07) is 20.9. The average molecular weight is 354 g/mol. The van der Waals surface area contributed by atoms with Crippen molar-refractivity contribution in [2.24, 2.45) is 0 Å². The molecule has 4 rings (SSSR count). The summed E-state index contributed by atoms with van der Waals surface area (Å²) in [6.07, 6.45) is 0. The number of rotatable bonds is 3. The van der Waals surface area contributed by atoms with Gasteiger partial charge >= 0.3 is 0 Å². The second-order valence-corrected chi connectivity index (χ2v) is 6.56. The van der Waals surface area contributed by atoms with E-state index in [1.165, 1.54) is 7.11 Å². The highest BCUT2D eigenvalue weighted by molar-refractivity contribution is 6.30. The molecule has 3 aromatic rings. The van der Waals surface area contributed by atoms with Crippen molar-refractivity contribution in [2.45, 2.75) is 5.67 Å². The molecule has 0 spiro atoms. The molecule has 0 radical (unpaired) electrons. The second-order valence-electron chi connectivity index (χ2n) is 6.13. The molecule has 1 N–H and O–H groups in total. The van der Waals surface area contributed by atoms with Gasteiger partial charge in [-0.3, -0.25) is 0 Å². The molecule has 1 aliphatic rings. The predicted molar refractivity (Wildman–Crippen MR) is 100 cm³/mol. The van der Waals surface area contributed by atoms with Crippen molar-refractivity contribution in [1.82, 2.24) is 0 Å². The summed E-state index contributed by atoms with van der Waals surface area (Å²) in [4.78, 5) is 0. The molecule has 4 heteroatoms. The molecule has 1 heterocycles. The van der Waals surface area contributed by atoms with Crippen molar-refractivity contribution in [1.29, 1.82) is 0 Å². The van der Waals surface area contributed by atoms with Gasteiger partial charge in [-0.05, 0) is 35.4 Å². The molecule has 1 aliphatic heterocycles. The molecule has 0 aliphatic carbocycles. The van der Waals surface area contributed by atoms with E-state index in [9.17, 15) is 0 Å². The van der Waals surface area contributed by atoms with Crippen molar-refractivity contribution in [3.05, 3.63) is 82.9 Å². The van der Waals surface area contributed by atoms with Crippen LogP contribution in [0, 0.1) is 0 Å². The summed E-state index contributed by atoms with van der Waals surface area (Å²) < 4.78 is 21.4. The Morgan fingerprint density at radius 1 is 0.960 bits per heavy atom. The van der Waals surface area contributed by atoms with Crippen molar-refractivity contribution >= 4 is 17.3 Å². The first kappa shape index (κ1) is 16.0. The van der Waals surface area contributed by atoms with E-state index in [0.29, 0.717) is 21.9 Å². The van der Waals surface area contributed by atoms with Crippen LogP contribution in [0.15, 0.2) is 66.7 Å². The molecule has 0 bridgehead atoms. The van der Waals surface area contributed by atoms with E-state index in [0.717, 1.165) is 16.8 Å². The Morgan fingerprint density at radius 2 is 1.76 bits per heavy atom. The van der Waals surface area contributed by atoms with Gasteiger partial charge in [0.25, 0.3) is 0 Å². The minimum absolute atomic E-state index is 0.150. The van der Waals surface area contributed by atoms with E-state index in [-0.39, 0.29) is 6.54 Å². The van der Waals surface area contributed by atoms with Gasteiger partial charge in [-0.25, -0.2) is 4.39 Å². The Kier molecular flexibility index (Phi) is 3.89. The van der Waals surface area contributed by atoms with Crippen LogP contribution in [0.4, 0.5) is 10.1 Å². The maximum atomic E-state index is 16.0. The fourth-order valence-electron chi connectivity index (χ4n) is 3.39. The highest BCUT2D eigenvalue weighted by Gasteiger charge is 2.43. The normalized spacial score (nSPS) is 18.5. The van der Waals surface area contributed by atoms with Gasteiger partial charge in [0.15, 0.2) is 5.67 Å². The lowest BCUT2D eigenvalue weighted by Crippen LogP contribution is -2.24. The van der Waals surface area contributed by atoms with Crippen LogP contribution in [0.3, 0.4) is 0 Å². The highest BCUT2D eigenvalue weighted by Crippen LogP contribution is 2.47. The van der Waals surface area contributed by atoms with E-state index in [1.54, 1.807) is 18.2 Å². The van der Waals surface area contributed by atoms with Crippen LogP contribution in [0.2, 0.25) is 5.02 Å². The first-order chi connectivity index (χ1) is 12.1. The van der Waals surface area contributed by atoms with E-state index in [2.05, 4.69) is 5.32 Å². The summed E-state index contributed by atoms with van der Waals surface area (Å²) >= 11 is 6.10. The zero-order chi connectivity index (χ0) is 17.4. The number of methoxy groups -OCH3 is 1. The number of hydrogen-bond donors (Lipinski definition) is 1. The third-order valence-corrected chi connectivity index (χ3v) is 4.90. The molecule has 0 aromatic heterocycles. The number of ether oxygens (including phenoxy) is 1. The summed E-state index contributed by atoms with van der Waals surface area (Å²) in [6.45, 7) is 0.150. The van der Waals surface area contributed by atoms with Crippen molar-refractivity contribution < 1.29 is 9.13 Å². The number of hydrogen-bond acceptors (Lipinski definition) is 2. The lowest BCUT2D eigenvalue weighted by molar-refractivity contribution is 0.242. The summed E-state index contributed by atoms with van der Waals surface area (Å²) in [7, 11) is 1.54. The first-order valence-corrected chi connectivity index (χ1v) is 8.46. The van der Waals surface area contributed by atoms with Crippen LogP contribution in [0.1, 0.15) is 11.1 Å². The molecule has 0 saturated heterocycles. The molecule has 0 fully saturated rings. The van der Waals surface area contributed by atoms with Gasteiger partial charge in [-0.1, -0.05) is 54.1 Å². The maximum Gasteiger partial charge on any atom is 0.183 e. The summed E-state index contributed by atoms with van der Waals surface area (Å²) in [5.74, 6) is 0.494. The Balaban J connectivity index is 1.81. The molecule has 2 nitrogen and oxygen atoms in total. The SMILES string of the molecule is COc1ccc(Cl)cc1C1(F)CNc2cc(-c3ccccc3)ccc21. The van der Waals surface area contributed by atoms with Gasteiger partial charge in [0.1, 0.15) is 5.75 Å². The van der Waals surface area contributed by atoms with E-state index in [4.69, 9.17) is 16.3 Å². The number of fused-ring (bicyclic) bond motifs is 1. The fraction of sp³-hybridized carbons (Fsp3) is 0.143. The van der Waals surface area contributed by atoms with Gasteiger partial charge in [0, 0.05) is 21.8 Å². The third-order valence-electron chi connectivity index (χ3n) is 4.66. The zero-order valence-corrected chi connectivity index (χ0v) is 14.5. The quantitative estimate of drug-likeness (QED) is 0.656. The number of nitrogens with one attached hydrogen (secondary N) is 1. The smallest absolute Gasteiger partial charge is 0.183 e. The second kappa shape index (κ2) is 6.08. The summed E-state index contributed by atoms with van der Waals surface area (Å²) in [5, 5.41) is 3.68. The zero-order valence-electron chi connectivity index (χ0n) is 13.7. The molecular formula is C21H17ClFNO. The fourth-order valence-corrected chi connectivity index (χ4v) is 3.56. The standard InChI is InChI=1S/C21H17ClFNO/c1-25-20-10-8-16(22)12-18(20)21(23)13-24-19-11-15(7-9-17(19)21)14-5-3-2-4-6-14/h2-12,24H,13H2,1H3. The molecule has 25 heavy (non-hydrogen) atoms. The topological polar surface area (TPSA) is 21.3 Å². The molecule has 0 saturated carbocycles. The lowest BCUT2D eigenvalue weighted by Gasteiger charge is -2.23. The minimum atomic E-state index is -1.68. The Labute approximate surface area is 151 Å². The molecule has 3 aromatic carbocycles. The largest absolute Gasteiger partial charge is 0.496 e. The average Bonchev–Trinajstić information content (AvgIpc) is 3.00. The molecular weight excluding hydrogens is 337 g/mol. The van der Waals surface area contributed by atoms with Crippen LogP contribution in [0.25, 0.3) is 11.1 Å². The predicted octanol–water partition coefficient (Wildman–Crippen LogP) is 5.65. The van der Waals surface area contributed by atoms with E-state index >= 15 is 4.39 Å². The Hall–Kier alpha value is -2.52. The highest BCUT2D eigenvalue weighted by atomic mass is 35.5. The van der Waals surface area contributed by atoms with Crippen molar-refractivity contribution in [3.63, 3.8) is 0 Å². The molecule has 0 amide bonds.